The molecule has 0 saturated heterocycles. The first-order valence-corrected chi connectivity index (χ1v) is 7.79. The molecule has 0 aromatic heterocycles. The highest BCUT2D eigenvalue weighted by atomic mass is 79.9. The van der Waals surface area contributed by atoms with Gasteiger partial charge in [-0.15, -0.1) is 0 Å². The second-order valence-electron chi connectivity index (χ2n) is 5.34. The van der Waals surface area contributed by atoms with E-state index < -0.39 is 0 Å². The van der Waals surface area contributed by atoms with Crippen LogP contribution in [0.1, 0.15) is 33.5 Å². The van der Waals surface area contributed by atoms with E-state index >= 15 is 0 Å². The van der Waals surface area contributed by atoms with Crippen molar-refractivity contribution < 1.29 is 9.18 Å². The number of anilines is 1. The smallest absolute Gasteiger partial charge is 0.224 e. The van der Waals surface area contributed by atoms with Gasteiger partial charge in [0.2, 0.25) is 5.91 Å². The van der Waals surface area contributed by atoms with E-state index in [2.05, 4.69) is 27.3 Å². The molecule has 0 bridgehead atoms. The normalized spacial score (nSPS) is 15.3. The number of carbonyl (C=O) groups is 1. The highest BCUT2D eigenvalue weighted by molar-refractivity contribution is 9.09. The zero-order chi connectivity index (χ0) is 15.0. The molecule has 2 aromatic carbocycles. The Morgan fingerprint density at radius 1 is 1.14 bits per heavy atom. The van der Waals surface area contributed by atoms with Crippen molar-refractivity contribution >= 4 is 27.5 Å². The Kier molecular flexibility index (Phi) is 3.81. The first-order valence-electron chi connectivity index (χ1n) is 6.87. The molecule has 0 radical (unpaired) electrons. The third kappa shape index (κ3) is 2.86. The molecule has 0 saturated carbocycles. The average molecular weight is 348 g/mol. The summed E-state index contributed by atoms with van der Waals surface area (Å²) in [6.45, 7) is 1.76. The molecule has 0 fully saturated rings. The number of rotatable bonds is 2. The zero-order valence-corrected chi connectivity index (χ0v) is 13.2. The summed E-state index contributed by atoms with van der Waals surface area (Å²) in [5, 5.41) is 2.88. The molecule has 0 spiro atoms. The molecule has 2 aromatic rings. The van der Waals surface area contributed by atoms with Gasteiger partial charge in [-0.3, -0.25) is 4.79 Å². The fourth-order valence-electron chi connectivity index (χ4n) is 2.58. The van der Waals surface area contributed by atoms with Crippen LogP contribution in [0.15, 0.2) is 36.4 Å². The summed E-state index contributed by atoms with van der Waals surface area (Å²) in [6, 6.07) is 11.2. The average Bonchev–Trinajstić information content (AvgIpc) is 2.49. The Labute approximate surface area is 131 Å². The minimum absolute atomic E-state index is 0.0136. The molecule has 1 atom stereocenters. The first-order chi connectivity index (χ1) is 10.0. The van der Waals surface area contributed by atoms with Crippen LogP contribution < -0.4 is 5.32 Å². The van der Waals surface area contributed by atoms with Gasteiger partial charge >= 0.3 is 0 Å². The minimum Gasteiger partial charge on any atom is -0.326 e. The summed E-state index contributed by atoms with van der Waals surface area (Å²) in [6.07, 6.45) is 1.29. The van der Waals surface area contributed by atoms with Crippen molar-refractivity contribution in [3.63, 3.8) is 0 Å². The lowest BCUT2D eigenvalue weighted by Crippen LogP contribution is -2.19. The summed E-state index contributed by atoms with van der Waals surface area (Å²) < 4.78 is 13.4. The maximum Gasteiger partial charge on any atom is 0.224 e. The summed E-state index contributed by atoms with van der Waals surface area (Å²) >= 11 is 3.68. The Hall–Kier alpha value is -1.68. The molecular weight excluding hydrogens is 333 g/mol. The van der Waals surface area contributed by atoms with E-state index in [-0.39, 0.29) is 16.6 Å². The Morgan fingerprint density at radius 2 is 1.86 bits per heavy atom. The number of carbonyl (C=O) groups excluding carboxylic acids is 1. The maximum absolute atomic E-state index is 13.4. The van der Waals surface area contributed by atoms with Crippen LogP contribution in [-0.4, -0.2) is 5.91 Å². The zero-order valence-electron chi connectivity index (χ0n) is 11.6. The topological polar surface area (TPSA) is 29.1 Å². The number of alkyl halides is 1. The quantitative estimate of drug-likeness (QED) is 0.796. The van der Waals surface area contributed by atoms with Crippen molar-refractivity contribution in [2.75, 3.05) is 5.32 Å². The van der Waals surface area contributed by atoms with Crippen LogP contribution in [0.5, 0.6) is 0 Å². The standard InChI is InChI=1S/C17H15BrFNO/c1-10-8-12(2-5-14(10)19)17(18)13-3-6-15-11(9-13)4-7-16(21)20-15/h2-3,5-6,8-9,17H,4,7H2,1H3,(H,20,21). The maximum atomic E-state index is 13.4. The van der Waals surface area contributed by atoms with Gasteiger partial charge in [-0.1, -0.05) is 40.2 Å². The second-order valence-corrected chi connectivity index (χ2v) is 6.25. The number of hydrogen-bond donors (Lipinski definition) is 1. The summed E-state index contributed by atoms with van der Waals surface area (Å²) in [4.78, 5) is 11.4. The molecule has 4 heteroatoms. The number of halogens is 2. The molecule has 1 aliphatic rings. The molecule has 3 rings (SSSR count). The van der Waals surface area contributed by atoms with E-state index in [1.165, 1.54) is 6.07 Å². The molecule has 108 valence electrons. The van der Waals surface area contributed by atoms with E-state index in [1.807, 2.05) is 18.2 Å². The molecule has 1 heterocycles. The monoisotopic (exact) mass is 347 g/mol. The van der Waals surface area contributed by atoms with Crippen LogP contribution in [0, 0.1) is 12.7 Å². The second kappa shape index (κ2) is 5.60. The van der Waals surface area contributed by atoms with E-state index in [1.54, 1.807) is 13.0 Å². The SMILES string of the molecule is Cc1cc(C(Br)c2ccc3c(c2)CCC(=O)N3)ccc1F. The fraction of sp³-hybridized carbons (Fsp3) is 0.235. The van der Waals surface area contributed by atoms with Crippen LogP contribution >= 0.6 is 15.9 Å². The molecule has 1 N–H and O–H groups in total. The van der Waals surface area contributed by atoms with E-state index in [9.17, 15) is 9.18 Å². The van der Waals surface area contributed by atoms with Gasteiger partial charge in [0.1, 0.15) is 5.82 Å². The lowest BCUT2D eigenvalue weighted by atomic mass is 9.96. The molecular formula is C17H15BrFNO. The number of nitrogens with one attached hydrogen (secondary N) is 1. The fourth-order valence-corrected chi connectivity index (χ4v) is 3.15. The first kappa shape index (κ1) is 14.3. The summed E-state index contributed by atoms with van der Waals surface area (Å²) in [5.41, 5.74) is 4.81. The molecule has 1 aliphatic heterocycles. The van der Waals surface area contributed by atoms with E-state index in [0.717, 1.165) is 28.8 Å². The van der Waals surface area contributed by atoms with E-state index in [4.69, 9.17) is 0 Å². The molecule has 21 heavy (non-hydrogen) atoms. The minimum atomic E-state index is -0.188. The van der Waals surface area contributed by atoms with Crippen LogP contribution in [0.2, 0.25) is 0 Å². The lowest BCUT2D eigenvalue weighted by Gasteiger charge is -2.19. The van der Waals surface area contributed by atoms with Crippen LogP contribution in [0.3, 0.4) is 0 Å². The van der Waals surface area contributed by atoms with Crippen molar-refractivity contribution in [1.82, 2.24) is 0 Å². The summed E-state index contributed by atoms with van der Waals surface area (Å²) in [7, 11) is 0. The number of fused-ring (bicyclic) bond motifs is 1. The molecule has 2 nitrogen and oxygen atoms in total. The van der Waals surface area contributed by atoms with Crippen molar-refractivity contribution in [3.05, 3.63) is 64.5 Å². The Bertz CT molecular complexity index is 714. The van der Waals surface area contributed by atoms with Gasteiger partial charge in [-0.05, 0) is 47.7 Å². The largest absolute Gasteiger partial charge is 0.326 e. The summed E-state index contributed by atoms with van der Waals surface area (Å²) in [5.74, 6) is -0.119. The molecule has 1 amide bonds. The van der Waals surface area contributed by atoms with Crippen molar-refractivity contribution in [2.24, 2.45) is 0 Å². The van der Waals surface area contributed by atoms with E-state index in [0.29, 0.717) is 12.0 Å². The lowest BCUT2D eigenvalue weighted by molar-refractivity contribution is -0.116. The highest BCUT2D eigenvalue weighted by Gasteiger charge is 2.18. The van der Waals surface area contributed by atoms with Gasteiger partial charge < -0.3 is 5.32 Å². The van der Waals surface area contributed by atoms with Gasteiger partial charge in [0.25, 0.3) is 0 Å². The van der Waals surface area contributed by atoms with Crippen LogP contribution in [0.4, 0.5) is 10.1 Å². The van der Waals surface area contributed by atoms with Gasteiger partial charge in [0.15, 0.2) is 0 Å². The van der Waals surface area contributed by atoms with Gasteiger partial charge in [0, 0.05) is 12.1 Å². The van der Waals surface area contributed by atoms with Gasteiger partial charge in [-0.2, -0.15) is 0 Å². The number of benzene rings is 2. The third-order valence-electron chi connectivity index (χ3n) is 3.79. The Balaban J connectivity index is 1.93. The third-order valence-corrected chi connectivity index (χ3v) is 4.85. The number of amides is 1. The highest BCUT2D eigenvalue weighted by Crippen LogP contribution is 2.34. The van der Waals surface area contributed by atoms with Gasteiger partial charge in [-0.25, -0.2) is 4.39 Å². The predicted molar refractivity (Wildman–Crippen MR) is 85.3 cm³/mol. The Morgan fingerprint density at radius 3 is 2.62 bits per heavy atom. The van der Waals surface area contributed by atoms with Crippen molar-refractivity contribution in [3.8, 4) is 0 Å². The van der Waals surface area contributed by atoms with Crippen molar-refractivity contribution in [1.29, 1.82) is 0 Å². The number of hydrogen-bond acceptors (Lipinski definition) is 1. The van der Waals surface area contributed by atoms with Gasteiger partial charge in [0.05, 0.1) is 4.83 Å². The number of aryl methyl sites for hydroxylation is 2. The van der Waals surface area contributed by atoms with Crippen molar-refractivity contribution in [2.45, 2.75) is 24.6 Å². The van der Waals surface area contributed by atoms with Crippen LogP contribution in [-0.2, 0) is 11.2 Å². The molecule has 1 unspecified atom stereocenters. The molecule has 0 aliphatic carbocycles. The predicted octanol–water partition coefficient (Wildman–Crippen LogP) is 4.50. The van der Waals surface area contributed by atoms with Crippen LogP contribution in [0.25, 0.3) is 0 Å².